The summed E-state index contributed by atoms with van der Waals surface area (Å²) in [6.07, 6.45) is 1.52. The molecule has 0 saturated carbocycles. The van der Waals surface area contributed by atoms with E-state index in [9.17, 15) is 0 Å². The summed E-state index contributed by atoms with van der Waals surface area (Å²) in [6.45, 7) is 0. The average molecular weight is 619 g/mol. The summed E-state index contributed by atoms with van der Waals surface area (Å²) in [4.78, 5) is 15.0. The van der Waals surface area contributed by atoms with Crippen molar-refractivity contribution in [1.82, 2.24) is 10.3 Å². The summed E-state index contributed by atoms with van der Waals surface area (Å²) in [5.41, 5.74) is 8.88. The highest BCUT2D eigenvalue weighted by Crippen LogP contribution is 2.39. The van der Waals surface area contributed by atoms with Gasteiger partial charge in [0.15, 0.2) is 11.4 Å². The molecular weight excluding hydrogens is 592 g/mol. The summed E-state index contributed by atoms with van der Waals surface area (Å²) in [7, 11) is 0. The quantitative estimate of drug-likeness (QED) is 0.213. The maximum absolute atomic E-state index is 6.46. The molecule has 0 radical (unpaired) electrons. The van der Waals surface area contributed by atoms with E-state index >= 15 is 0 Å². The molecule has 1 unspecified atom stereocenters. The van der Waals surface area contributed by atoms with Crippen LogP contribution in [0, 0.1) is 0 Å². The number of aliphatic imine (C=N–C) groups is 2. The van der Waals surface area contributed by atoms with Gasteiger partial charge in [-0.3, -0.25) is 4.98 Å². The third-order valence-corrected chi connectivity index (χ3v) is 9.18. The van der Waals surface area contributed by atoms with Gasteiger partial charge in [0, 0.05) is 39.2 Å². The molecule has 1 N–H and O–H groups in total. The monoisotopic (exact) mass is 618 g/mol. The van der Waals surface area contributed by atoms with Crippen molar-refractivity contribution in [2.45, 2.75) is 6.17 Å². The minimum absolute atomic E-state index is 0.398. The highest BCUT2D eigenvalue weighted by atomic mass is 16.3. The Morgan fingerprint density at radius 1 is 0.521 bits per heavy atom. The van der Waals surface area contributed by atoms with Crippen molar-refractivity contribution in [2.24, 2.45) is 9.98 Å². The standard InChI is InChI=1S/C42H26N4O2/c1-3-11-26(12-4-1)40-44-41(27-13-5-2-6-14-27)46-42(45-40)32-16-9-17-33-38(32)39-36(48-33)23-29(24-43-39)28-18-20-31-35(22-28)47-34-21-19-25-10-7-8-15-30(25)37(31)34/h1-24,42H,(H,44,45,46). The summed E-state index contributed by atoms with van der Waals surface area (Å²) >= 11 is 0. The molecule has 1 atom stereocenters. The van der Waals surface area contributed by atoms with Crippen molar-refractivity contribution < 1.29 is 8.83 Å². The smallest absolute Gasteiger partial charge is 0.159 e. The van der Waals surface area contributed by atoms with E-state index in [0.717, 1.165) is 72.1 Å². The lowest BCUT2D eigenvalue weighted by Crippen LogP contribution is -2.33. The molecule has 226 valence electrons. The van der Waals surface area contributed by atoms with Crippen molar-refractivity contribution >= 4 is 66.5 Å². The Balaban J connectivity index is 1.08. The molecule has 3 aromatic heterocycles. The van der Waals surface area contributed by atoms with Gasteiger partial charge in [-0.2, -0.15) is 0 Å². The molecule has 0 saturated heterocycles. The summed E-state index contributed by atoms with van der Waals surface area (Å²) in [5.74, 6) is 1.44. The van der Waals surface area contributed by atoms with Crippen LogP contribution in [0.5, 0.6) is 0 Å². The van der Waals surface area contributed by atoms with E-state index in [4.69, 9.17) is 23.8 Å². The zero-order valence-corrected chi connectivity index (χ0v) is 25.6. The number of nitrogens with zero attached hydrogens (tertiary/aromatic N) is 3. The van der Waals surface area contributed by atoms with E-state index in [0.29, 0.717) is 11.4 Å². The summed E-state index contributed by atoms with van der Waals surface area (Å²) < 4.78 is 12.8. The van der Waals surface area contributed by atoms with Gasteiger partial charge in [0.05, 0.1) is 5.39 Å². The van der Waals surface area contributed by atoms with Crippen molar-refractivity contribution in [3.63, 3.8) is 0 Å². The first-order valence-corrected chi connectivity index (χ1v) is 16.0. The number of pyridine rings is 1. The minimum Gasteiger partial charge on any atom is -0.456 e. The van der Waals surface area contributed by atoms with Crippen LogP contribution in [-0.4, -0.2) is 16.7 Å². The Bertz CT molecular complexity index is 2760. The maximum atomic E-state index is 6.46. The Morgan fingerprint density at radius 2 is 1.27 bits per heavy atom. The largest absolute Gasteiger partial charge is 0.456 e. The van der Waals surface area contributed by atoms with Gasteiger partial charge in [-0.1, -0.05) is 109 Å². The van der Waals surface area contributed by atoms with Gasteiger partial charge in [0.1, 0.15) is 34.3 Å². The minimum atomic E-state index is -0.398. The van der Waals surface area contributed by atoms with Gasteiger partial charge in [-0.25, -0.2) is 9.98 Å². The normalized spacial score (nSPS) is 14.9. The molecule has 48 heavy (non-hydrogen) atoms. The van der Waals surface area contributed by atoms with Crippen LogP contribution in [0.4, 0.5) is 0 Å². The molecule has 0 bridgehead atoms. The van der Waals surface area contributed by atoms with Gasteiger partial charge >= 0.3 is 0 Å². The van der Waals surface area contributed by atoms with Gasteiger partial charge in [0.2, 0.25) is 0 Å². The Labute approximate surface area is 274 Å². The third-order valence-electron chi connectivity index (χ3n) is 9.18. The average Bonchev–Trinajstić information content (AvgIpc) is 3.73. The number of hydrogen-bond acceptors (Lipinski definition) is 6. The van der Waals surface area contributed by atoms with E-state index in [1.807, 2.05) is 66.9 Å². The number of benzene rings is 6. The second kappa shape index (κ2) is 10.5. The van der Waals surface area contributed by atoms with Crippen molar-refractivity contribution in [2.75, 3.05) is 0 Å². The molecule has 6 nitrogen and oxygen atoms in total. The lowest BCUT2D eigenvalue weighted by molar-refractivity contribution is 0.662. The van der Waals surface area contributed by atoms with Gasteiger partial charge in [-0.15, -0.1) is 0 Å². The predicted octanol–water partition coefficient (Wildman–Crippen LogP) is 10.2. The van der Waals surface area contributed by atoms with Crippen molar-refractivity contribution in [3.05, 3.63) is 162 Å². The molecule has 0 fully saturated rings. The number of fused-ring (bicyclic) bond motifs is 8. The Hall–Kier alpha value is -6.53. The van der Waals surface area contributed by atoms with Gasteiger partial charge in [-0.05, 0) is 46.7 Å². The number of aromatic nitrogens is 1. The number of rotatable bonds is 4. The SMILES string of the molecule is c1ccc(C2=NC(c3cccc4oc5cc(-c6ccc7c(c6)oc6ccc8ccccc8c67)cnc5c34)NC(c3ccccc3)=N2)cc1. The fourth-order valence-corrected chi connectivity index (χ4v) is 6.90. The van der Waals surface area contributed by atoms with Crippen LogP contribution < -0.4 is 5.32 Å². The first-order valence-electron chi connectivity index (χ1n) is 16.0. The number of amidine groups is 2. The first-order chi connectivity index (χ1) is 23.8. The zero-order chi connectivity index (χ0) is 31.6. The van der Waals surface area contributed by atoms with Crippen LogP contribution in [0.15, 0.2) is 165 Å². The highest BCUT2D eigenvalue weighted by molar-refractivity contribution is 6.19. The third kappa shape index (κ3) is 4.23. The van der Waals surface area contributed by atoms with E-state index in [2.05, 4.69) is 84.2 Å². The molecule has 0 amide bonds. The second-order valence-corrected chi connectivity index (χ2v) is 12.1. The van der Waals surface area contributed by atoms with E-state index in [-0.39, 0.29) is 0 Å². The van der Waals surface area contributed by atoms with E-state index in [1.54, 1.807) is 0 Å². The molecular formula is C42H26N4O2. The summed E-state index contributed by atoms with van der Waals surface area (Å²) in [6, 6.07) is 47.3. The molecule has 1 aliphatic heterocycles. The van der Waals surface area contributed by atoms with Crippen LogP contribution in [0.3, 0.4) is 0 Å². The molecule has 9 aromatic rings. The van der Waals surface area contributed by atoms with Crippen molar-refractivity contribution in [1.29, 1.82) is 0 Å². The van der Waals surface area contributed by atoms with E-state index in [1.165, 1.54) is 10.8 Å². The van der Waals surface area contributed by atoms with Crippen LogP contribution >= 0.6 is 0 Å². The lowest BCUT2D eigenvalue weighted by atomic mass is 10.0. The van der Waals surface area contributed by atoms with Crippen LogP contribution in [0.2, 0.25) is 0 Å². The number of hydrogen-bond donors (Lipinski definition) is 1. The topological polar surface area (TPSA) is 75.9 Å². The lowest BCUT2D eigenvalue weighted by Gasteiger charge is -2.24. The maximum Gasteiger partial charge on any atom is 0.159 e. The first kappa shape index (κ1) is 26.7. The molecule has 6 heteroatoms. The van der Waals surface area contributed by atoms with Crippen LogP contribution in [0.25, 0.3) is 65.9 Å². The second-order valence-electron chi connectivity index (χ2n) is 12.1. The zero-order valence-electron chi connectivity index (χ0n) is 25.6. The number of nitrogens with one attached hydrogen (secondary N) is 1. The fourth-order valence-electron chi connectivity index (χ4n) is 6.90. The highest BCUT2D eigenvalue weighted by Gasteiger charge is 2.25. The van der Waals surface area contributed by atoms with Gasteiger partial charge in [0.25, 0.3) is 0 Å². The Kier molecular flexibility index (Phi) is 5.84. The summed E-state index contributed by atoms with van der Waals surface area (Å²) in [5, 5.41) is 9.15. The number of furan rings is 2. The van der Waals surface area contributed by atoms with E-state index < -0.39 is 6.17 Å². The fraction of sp³-hybridized carbons (Fsp3) is 0.0238. The molecule has 4 heterocycles. The molecule has 0 spiro atoms. The molecule has 10 rings (SSSR count). The van der Waals surface area contributed by atoms with Gasteiger partial charge < -0.3 is 14.2 Å². The predicted molar refractivity (Wildman–Crippen MR) is 194 cm³/mol. The van der Waals surface area contributed by atoms with Crippen LogP contribution in [-0.2, 0) is 0 Å². The van der Waals surface area contributed by atoms with Crippen molar-refractivity contribution in [3.8, 4) is 11.1 Å². The molecule has 1 aliphatic rings. The molecule has 0 aliphatic carbocycles. The Morgan fingerprint density at radius 3 is 2.15 bits per heavy atom. The van der Waals surface area contributed by atoms with Crippen LogP contribution in [0.1, 0.15) is 22.9 Å². The molecule has 6 aromatic carbocycles.